The molecule has 0 bridgehead atoms. The maximum absolute atomic E-state index is 13.3. The van der Waals surface area contributed by atoms with Crippen molar-refractivity contribution in [2.75, 3.05) is 17.3 Å². The summed E-state index contributed by atoms with van der Waals surface area (Å²) in [7, 11) is -2.75. The number of nitrogens with zero attached hydrogens (tertiary/aromatic N) is 4. The zero-order valence-corrected chi connectivity index (χ0v) is 22.5. The molecule has 4 aromatic carbocycles. The molecule has 206 valence electrons. The van der Waals surface area contributed by atoms with Crippen molar-refractivity contribution in [3.63, 3.8) is 0 Å². The lowest BCUT2D eigenvalue weighted by Gasteiger charge is -2.12. The number of para-hydroxylation sites is 1. The molecular formula is C29H24N6O5S. The van der Waals surface area contributed by atoms with Crippen LogP contribution in [0.1, 0.15) is 5.56 Å². The number of sulfonamides is 1. The second-order valence-corrected chi connectivity index (χ2v) is 10.4. The van der Waals surface area contributed by atoms with Crippen LogP contribution < -0.4 is 14.9 Å². The van der Waals surface area contributed by atoms with E-state index in [0.717, 1.165) is 17.3 Å². The molecule has 11 nitrogen and oxygen atoms in total. The van der Waals surface area contributed by atoms with Gasteiger partial charge in [-0.15, -0.1) is 0 Å². The second kappa shape index (κ2) is 11.7. The number of hydrogen-bond acceptors (Lipinski definition) is 8. The van der Waals surface area contributed by atoms with E-state index >= 15 is 0 Å². The van der Waals surface area contributed by atoms with Gasteiger partial charge >= 0.3 is 0 Å². The molecule has 0 fully saturated rings. The lowest BCUT2D eigenvalue weighted by Crippen LogP contribution is -2.15. The topological polar surface area (TPSA) is 141 Å². The van der Waals surface area contributed by atoms with E-state index in [9.17, 15) is 18.5 Å². The molecule has 41 heavy (non-hydrogen) atoms. The lowest BCUT2D eigenvalue weighted by molar-refractivity contribution is -0.385. The largest absolute Gasteiger partial charge is 0.497 e. The number of benzene rings is 4. The number of methoxy groups -OCH3 is 1. The average Bonchev–Trinajstić information content (AvgIpc) is 3.42. The quantitative estimate of drug-likeness (QED) is 0.125. The van der Waals surface area contributed by atoms with E-state index in [1.165, 1.54) is 37.6 Å². The zero-order chi connectivity index (χ0) is 28.8. The Morgan fingerprint density at radius 3 is 2.29 bits per heavy atom. The fourth-order valence-corrected chi connectivity index (χ4v) is 5.23. The van der Waals surface area contributed by atoms with Crippen LogP contribution in [0.5, 0.6) is 5.75 Å². The van der Waals surface area contributed by atoms with Crippen molar-refractivity contribution in [1.29, 1.82) is 0 Å². The number of non-ortho nitro benzene ring substituents is 1. The Morgan fingerprint density at radius 2 is 1.63 bits per heavy atom. The van der Waals surface area contributed by atoms with Crippen molar-refractivity contribution in [2.24, 2.45) is 5.10 Å². The first-order chi connectivity index (χ1) is 19.8. The maximum atomic E-state index is 13.3. The molecular weight excluding hydrogens is 544 g/mol. The molecule has 0 unspecified atom stereocenters. The van der Waals surface area contributed by atoms with Crippen LogP contribution in [0.25, 0.3) is 16.9 Å². The second-order valence-electron chi connectivity index (χ2n) is 8.72. The predicted octanol–water partition coefficient (Wildman–Crippen LogP) is 5.70. The van der Waals surface area contributed by atoms with Gasteiger partial charge in [-0.05, 0) is 42.5 Å². The molecule has 1 aromatic heterocycles. The van der Waals surface area contributed by atoms with Crippen LogP contribution in [0.2, 0.25) is 0 Å². The number of aromatic nitrogens is 2. The fourth-order valence-electron chi connectivity index (χ4n) is 3.99. The minimum absolute atomic E-state index is 0.0459. The summed E-state index contributed by atoms with van der Waals surface area (Å²) in [5.41, 5.74) is 5.70. The lowest BCUT2D eigenvalue weighted by atomic mass is 10.1. The van der Waals surface area contributed by atoms with Crippen molar-refractivity contribution in [3.05, 3.63) is 125 Å². The number of hydrazone groups is 1. The first-order valence-electron chi connectivity index (χ1n) is 12.3. The molecule has 0 spiro atoms. The van der Waals surface area contributed by atoms with Gasteiger partial charge in [-0.3, -0.25) is 20.3 Å². The third kappa shape index (κ3) is 6.23. The van der Waals surface area contributed by atoms with Crippen LogP contribution in [0.3, 0.4) is 0 Å². The maximum Gasteiger partial charge on any atom is 0.270 e. The van der Waals surface area contributed by atoms with Gasteiger partial charge < -0.3 is 4.74 Å². The van der Waals surface area contributed by atoms with E-state index in [4.69, 9.17) is 9.84 Å². The Kier molecular flexibility index (Phi) is 7.74. The van der Waals surface area contributed by atoms with Crippen LogP contribution in [0.15, 0.2) is 119 Å². The number of hydrogen-bond donors (Lipinski definition) is 2. The number of nitrogens with one attached hydrogen (secondary N) is 2. The molecule has 5 aromatic rings. The minimum Gasteiger partial charge on any atom is -0.497 e. The zero-order valence-electron chi connectivity index (χ0n) is 21.7. The average molecular weight is 569 g/mol. The standard InChI is InChI=1S/C29H24N6O5S/c1-40-26-15-12-23(13-16-26)33-41(38,39)28-18-25(35(36)37)14-17-27(28)31-30-19-22-20-34(24-10-6-3-7-11-24)32-29(22)21-8-4-2-5-9-21/h2-20,31,33H,1H3. The van der Waals surface area contributed by atoms with E-state index in [2.05, 4.69) is 15.2 Å². The van der Waals surface area contributed by atoms with Crippen molar-refractivity contribution < 1.29 is 18.1 Å². The van der Waals surface area contributed by atoms with Crippen LogP contribution in [-0.2, 0) is 10.0 Å². The van der Waals surface area contributed by atoms with E-state index in [0.29, 0.717) is 17.0 Å². The van der Waals surface area contributed by atoms with E-state index in [1.807, 2.05) is 66.9 Å². The van der Waals surface area contributed by atoms with Gasteiger partial charge in [0, 0.05) is 35.1 Å². The molecule has 0 radical (unpaired) electrons. The number of rotatable bonds is 10. The van der Waals surface area contributed by atoms with Gasteiger partial charge in [0.25, 0.3) is 15.7 Å². The molecule has 0 saturated carbocycles. The summed E-state index contributed by atoms with van der Waals surface area (Å²) in [5, 5.41) is 20.4. The number of anilines is 2. The van der Waals surface area contributed by atoms with Gasteiger partial charge in [-0.1, -0.05) is 48.5 Å². The van der Waals surface area contributed by atoms with Crippen molar-refractivity contribution in [3.8, 4) is 22.7 Å². The number of nitro benzene ring substituents is 1. The van der Waals surface area contributed by atoms with Crippen LogP contribution >= 0.6 is 0 Å². The highest BCUT2D eigenvalue weighted by molar-refractivity contribution is 7.92. The van der Waals surface area contributed by atoms with Crippen LogP contribution in [-0.4, -0.2) is 36.4 Å². The Balaban J connectivity index is 1.48. The fraction of sp³-hybridized carbons (Fsp3) is 0.0345. The summed E-state index contributed by atoms with van der Waals surface area (Å²) in [6.07, 6.45) is 3.32. The number of ether oxygens (including phenoxy) is 1. The Hall–Kier alpha value is -5.49. The van der Waals surface area contributed by atoms with Crippen molar-refractivity contribution >= 4 is 33.3 Å². The van der Waals surface area contributed by atoms with Crippen LogP contribution in [0.4, 0.5) is 17.1 Å². The Labute approximate surface area is 235 Å². The van der Waals surface area contributed by atoms with Crippen molar-refractivity contribution in [1.82, 2.24) is 9.78 Å². The Morgan fingerprint density at radius 1 is 0.951 bits per heavy atom. The highest BCUT2D eigenvalue weighted by Gasteiger charge is 2.23. The molecule has 0 atom stereocenters. The minimum atomic E-state index is -4.25. The Bertz CT molecular complexity index is 1810. The smallest absolute Gasteiger partial charge is 0.270 e. The summed E-state index contributed by atoms with van der Waals surface area (Å²) in [5.74, 6) is 0.547. The van der Waals surface area contributed by atoms with Gasteiger partial charge in [0.15, 0.2) is 0 Å². The third-order valence-corrected chi connectivity index (χ3v) is 7.43. The summed E-state index contributed by atoms with van der Waals surface area (Å²) in [6, 6.07) is 28.8. The molecule has 0 aliphatic carbocycles. The highest BCUT2D eigenvalue weighted by atomic mass is 32.2. The summed E-state index contributed by atoms with van der Waals surface area (Å²) in [6.45, 7) is 0. The molecule has 12 heteroatoms. The molecule has 2 N–H and O–H groups in total. The van der Waals surface area contributed by atoms with Gasteiger partial charge in [-0.25, -0.2) is 13.1 Å². The van der Waals surface area contributed by atoms with Gasteiger partial charge in [0.2, 0.25) is 0 Å². The monoisotopic (exact) mass is 568 g/mol. The van der Waals surface area contributed by atoms with Crippen molar-refractivity contribution in [2.45, 2.75) is 4.90 Å². The van der Waals surface area contributed by atoms with E-state index in [1.54, 1.807) is 16.8 Å². The van der Waals surface area contributed by atoms with E-state index in [-0.39, 0.29) is 22.0 Å². The van der Waals surface area contributed by atoms with Gasteiger partial charge in [0.1, 0.15) is 16.3 Å². The van der Waals surface area contributed by atoms with Gasteiger partial charge in [0.05, 0.1) is 29.6 Å². The summed E-state index contributed by atoms with van der Waals surface area (Å²) < 4.78 is 35.9. The summed E-state index contributed by atoms with van der Waals surface area (Å²) >= 11 is 0. The van der Waals surface area contributed by atoms with Crippen LogP contribution in [0, 0.1) is 10.1 Å². The first kappa shape index (κ1) is 27.1. The highest BCUT2D eigenvalue weighted by Crippen LogP contribution is 2.29. The molecule has 0 aliphatic rings. The normalized spacial score (nSPS) is 11.3. The molecule has 1 heterocycles. The molecule has 0 amide bonds. The molecule has 5 rings (SSSR count). The SMILES string of the molecule is COc1ccc(NS(=O)(=O)c2cc([N+](=O)[O-])ccc2NN=Cc2cn(-c3ccccc3)nc2-c2ccccc2)cc1. The molecule has 0 saturated heterocycles. The van der Waals surface area contributed by atoms with Gasteiger partial charge in [-0.2, -0.15) is 10.2 Å². The van der Waals surface area contributed by atoms with E-state index < -0.39 is 14.9 Å². The predicted molar refractivity (Wildman–Crippen MR) is 157 cm³/mol. The number of nitro groups is 1. The first-order valence-corrected chi connectivity index (χ1v) is 13.8. The molecule has 0 aliphatic heterocycles. The third-order valence-electron chi connectivity index (χ3n) is 6.01. The summed E-state index contributed by atoms with van der Waals surface area (Å²) in [4.78, 5) is 10.4.